The molecule has 0 bridgehead atoms. The molecule has 0 amide bonds. The van der Waals surface area contributed by atoms with Crippen LogP contribution in [0.25, 0.3) is 11.3 Å². The molecule has 1 fully saturated rings. The lowest BCUT2D eigenvalue weighted by Gasteiger charge is -2.27. The monoisotopic (exact) mass is 394 g/mol. The molecule has 1 aromatic carbocycles. The van der Waals surface area contributed by atoms with Crippen LogP contribution in [0.5, 0.6) is 0 Å². The molecule has 8 heteroatoms. The lowest BCUT2D eigenvalue weighted by molar-refractivity contribution is 0.191. The zero-order valence-electron chi connectivity index (χ0n) is 16.7. The number of rotatable bonds is 7. The Hall–Kier alpha value is -2.97. The molecule has 0 unspecified atom stereocenters. The van der Waals surface area contributed by atoms with Crippen molar-refractivity contribution in [3.63, 3.8) is 0 Å². The molecule has 29 heavy (non-hydrogen) atoms. The Balaban J connectivity index is 1.45. The highest BCUT2D eigenvalue weighted by Gasteiger charge is 2.32. The minimum atomic E-state index is -0.329. The molecule has 152 valence electrons. The molecule has 1 aliphatic rings. The van der Waals surface area contributed by atoms with Crippen LogP contribution in [0.1, 0.15) is 12.0 Å². The molecule has 2 N–H and O–H groups in total. The van der Waals surface area contributed by atoms with Gasteiger partial charge in [0.1, 0.15) is 18.0 Å². The van der Waals surface area contributed by atoms with Crippen LogP contribution in [0.3, 0.4) is 0 Å². The summed E-state index contributed by atoms with van der Waals surface area (Å²) in [4.78, 5) is 17.1. The Morgan fingerprint density at radius 3 is 2.97 bits per heavy atom. The standard InChI is InChI=1S/C21H26N6O2/c1-26(2)11-17-7-18(28)12-27(17)21-8-20(24-13-25-21)23-9-15-4-3-5-16(6-15)19-10-22-14-29-19/h3-6,8,10,13-14,17-18,28H,7,9,11-12H2,1-2H3,(H,23,24,25)/t17-,18-/m1/s1. The summed E-state index contributed by atoms with van der Waals surface area (Å²) in [5.74, 6) is 2.34. The van der Waals surface area contributed by atoms with Crippen LogP contribution in [0.2, 0.25) is 0 Å². The summed E-state index contributed by atoms with van der Waals surface area (Å²) >= 11 is 0. The van der Waals surface area contributed by atoms with Crippen molar-refractivity contribution in [2.24, 2.45) is 0 Å². The van der Waals surface area contributed by atoms with Crippen molar-refractivity contribution in [3.8, 4) is 11.3 Å². The molecule has 2 aromatic heterocycles. The first-order valence-corrected chi connectivity index (χ1v) is 9.71. The molecule has 3 heterocycles. The van der Waals surface area contributed by atoms with Crippen LogP contribution in [-0.2, 0) is 6.54 Å². The van der Waals surface area contributed by atoms with Crippen LogP contribution in [0, 0.1) is 0 Å². The highest BCUT2D eigenvalue weighted by molar-refractivity contribution is 5.57. The Morgan fingerprint density at radius 1 is 1.28 bits per heavy atom. The van der Waals surface area contributed by atoms with Gasteiger partial charge in [-0.25, -0.2) is 15.0 Å². The molecule has 0 spiro atoms. The van der Waals surface area contributed by atoms with E-state index in [4.69, 9.17) is 4.42 Å². The Kier molecular flexibility index (Phi) is 5.73. The van der Waals surface area contributed by atoms with E-state index in [1.165, 1.54) is 6.39 Å². The van der Waals surface area contributed by atoms with Gasteiger partial charge in [-0.2, -0.15) is 0 Å². The van der Waals surface area contributed by atoms with Crippen molar-refractivity contribution >= 4 is 11.6 Å². The molecular formula is C21H26N6O2. The number of aliphatic hydroxyl groups excluding tert-OH is 1. The van der Waals surface area contributed by atoms with Gasteiger partial charge in [0, 0.05) is 37.3 Å². The van der Waals surface area contributed by atoms with Crippen molar-refractivity contribution < 1.29 is 9.52 Å². The maximum atomic E-state index is 10.1. The van der Waals surface area contributed by atoms with Crippen LogP contribution in [0.4, 0.5) is 11.6 Å². The fourth-order valence-corrected chi connectivity index (χ4v) is 3.75. The van der Waals surface area contributed by atoms with Gasteiger partial charge in [-0.05, 0) is 32.1 Å². The Bertz CT molecular complexity index is 930. The van der Waals surface area contributed by atoms with Crippen molar-refractivity contribution in [1.29, 1.82) is 0 Å². The zero-order valence-corrected chi connectivity index (χ0v) is 16.7. The van der Waals surface area contributed by atoms with Gasteiger partial charge in [-0.3, -0.25) is 0 Å². The van der Waals surface area contributed by atoms with E-state index in [2.05, 4.69) is 42.2 Å². The number of nitrogens with one attached hydrogen (secondary N) is 1. The molecule has 3 aromatic rings. The van der Waals surface area contributed by atoms with Gasteiger partial charge in [0.15, 0.2) is 12.2 Å². The number of anilines is 2. The number of hydrogen-bond donors (Lipinski definition) is 2. The second-order valence-electron chi connectivity index (χ2n) is 7.64. The van der Waals surface area contributed by atoms with Crippen LogP contribution < -0.4 is 10.2 Å². The van der Waals surface area contributed by atoms with Crippen LogP contribution in [0.15, 0.2) is 53.7 Å². The third-order valence-electron chi connectivity index (χ3n) is 5.03. The van der Waals surface area contributed by atoms with Crippen molar-refractivity contribution in [1.82, 2.24) is 19.9 Å². The average molecular weight is 394 g/mol. The molecule has 2 atom stereocenters. The third kappa shape index (κ3) is 4.72. The first-order chi connectivity index (χ1) is 14.1. The topological polar surface area (TPSA) is 90.6 Å². The number of benzene rings is 1. The van der Waals surface area contributed by atoms with Gasteiger partial charge < -0.3 is 24.6 Å². The van der Waals surface area contributed by atoms with Crippen LogP contribution >= 0.6 is 0 Å². The highest BCUT2D eigenvalue weighted by atomic mass is 16.3. The Morgan fingerprint density at radius 2 is 2.17 bits per heavy atom. The van der Waals surface area contributed by atoms with Crippen molar-refractivity contribution in [2.75, 3.05) is 37.4 Å². The molecule has 0 radical (unpaired) electrons. The predicted molar refractivity (Wildman–Crippen MR) is 112 cm³/mol. The lowest BCUT2D eigenvalue weighted by Crippen LogP contribution is -2.38. The van der Waals surface area contributed by atoms with E-state index in [1.807, 2.05) is 32.3 Å². The number of aliphatic hydroxyl groups is 1. The fourth-order valence-electron chi connectivity index (χ4n) is 3.75. The van der Waals surface area contributed by atoms with E-state index < -0.39 is 0 Å². The number of oxazole rings is 1. The molecular weight excluding hydrogens is 368 g/mol. The second-order valence-corrected chi connectivity index (χ2v) is 7.64. The SMILES string of the molecule is CN(C)C[C@H]1C[C@@H](O)CN1c1cc(NCc2cccc(-c3cnco3)c2)ncn1. The van der Waals surface area contributed by atoms with Crippen molar-refractivity contribution in [2.45, 2.75) is 25.1 Å². The largest absolute Gasteiger partial charge is 0.444 e. The lowest BCUT2D eigenvalue weighted by atomic mass is 10.1. The smallest absolute Gasteiger partial charge is 0.181 e. The van der Waals surface area contributed by atoms with E-state index in [1.54, 1.807) is 12.5 Å². The Labute approximate surface area is 170 Å². The minimum Gasteiger partial charge on any atom is -0.444 e. The summed E-state index contributed by atoms with van der Waals surface area (Å²) in [6.07, 6.45) is 5.13. The van der Waals surface area contributed by atoms with E-state index >= 15 is 0 Å². The normalized spacial score (nSPS) is 19.1. The number of β-amino-alcohol motifs (C(OH)–C–C–N with tert-alkyl or cyclic N) is 1. The van der Waals surface area contributed by atoms with Gasteiger partial charge >= 0.3 is 0 Å². The average Bonchev–Trinajstić information content (AvgIpc) is 3.36. The van der Waals surface area contributed by atoms with Gasteiger partial charge in [-0.1, -0.05) is 18.2 Å². The summed E-state index contributed by atoms with van der Waals surface area (Å²) < 4.78 is 5.37. The van der Waals surface area contributed by atoms with Gasteiger partial charge in [0.25, 0.3) is 0 Å². The second kappa shape index (κ2) is 8.59. The van der Waals surface area contributed by atoms with Crippen LogP contribution in [-0.4, -0.2) is 64.3 Å². The molecule has 1 saturated heterocycles. The summed E-state index contributed by atoms with van der Waals surface area (Å²) in [6.45, 7) is 2.09. The first-order valence-electron chi connectivity index (χ1n) is 9.71. The minimum absolute atomic E-state index is 0.237. The molecule has 1 aliphatic heterocycles. The maximum Gasteiger partial charge on any atom is 0.181 e. The number of hydrogen-bond acceptors (Lipinski definition) is 8. The fraction of sp³-hybridized carbons (Fsp3) is 0.381. The summed E-state index contributed by atoms with van der Waals surface area (Å²) in [5.41, 5.74) is 2.10. The number of aromatic nitrogens is 3. The summed E-state index contributed by atoms with van der Waals surface area (Å²) in [7, 11) is 4.09. The van der Waals surface area contributed by atoms with Gasteiger partial charge in [0.05, 0.1) is 12.3 Å². The number of nitrogens with zero attached hydrogens (tertiary/aromatic N) is 5. The van der Waals surface area contributed by atoms with E-state index in [-0.39, 0.29) is 12.1 Å². The van der Waals surface area contributed by atoms with Crippen molar-refractivity contribution in [3.05, 3.63) is 54.8 Å². The molecule has 4 rings (SSSR count). The molecule has 0 saturated carbocycles. The van der Waals surface area contributed by atoms with E-state index in [0.717, 1.165) is 41.5 Å². The molecule has 0 aliphatic carbocycles. The number of likely N-dealkylation sites (N-methyl/N-ethyl adjacent to an activating group) is 1. The van der Waals surface area contributed by atoms with E-state index in [9.17, 15) is 5.11 Å². The maximum absolute atomic E-state index is 10.1. The van der Waals surface area contributed by atoms with Gasteiger partial charge in [0.2, 0.25) is 0 Å². The zero-order chi connectivity index (χ0) is 20.2. The summed E-state index contributed by atoms with van der Waals surface area (Å²) in [6, 6.07) is 10.3. The third-order valence-corrected chi connectivity index (χ3v) is 5.03. The predicted octanol–water partition coefficient (Wildman–Crippen LogP) is 2.24. The summed E-state index contributed by atoms with van der Waals surface area (Å²) in [5, 5.41) is 13.5. The molecule has 8 nitrogen and oxygen atoms in total. The van der Waals surface area contributed by atoms with E-state index in [0.29, 0.717) is 13.1 Å². The first kappa shape index (κ1) is 19.4. The highest BCUT2D eigenvalue weighted by Crippen LogP contribution is 2.26. The van der Waals surface area contributed by atoms with Gasteiger partial charge in [-0.15, -0.1) is 0 Å². The quantitative estimate of drug-likeness (QED) is 0.631.